The highest BCUT2D eigenvalue weighted by Crippen LogP contribution is 2.25. The number of piperidine rings is 1. The Kier molecular flexibility index (Phi) is 4.81. The van der Waals surface area contributed by atoms with E-state index in [4.69, 9.17) is 5.73 Å². The first-order chi connectivity index (χ1) is 11.1. The molecule has 1 aliphatic heterocycles. The molecule has 1 aliphatic rings. The fourth-order valence-corrected chi connectivity index (χ4v) is 4.03. The van der Waals surface area contributed by atoms with E-state index in [9.17, 15) is 9.59 Å². The van der Waals surface area contributed by atoms with Crippen LogP contribution < -0.4 is 11.1 Å². The number of hydrogen-bond donors (Lipinski definition) is 2. The van der Waals surface area contributed by atoms with E-state index in [1.54, 1.807) is 11.3 Å². The molecule has 2 heterocycles. The van der Waals surface area contributed by atoms with Gasteiger partial charge in [-0.3, -0.25) is 4.79 Å². The van der Waals surface area contributed by atoms with Crippen LogP contribution in [0.2, 0.25) is 0 Å². The van der Waals surface area contributed by atoms with Crippen LogP contribution in [0.1, 0.15) is 24.1 Å². The molecule has 0 atom stereocenters. The quantitative estimate of drug-likeness (QED) is 0.904. The van der Waals surface area contributed by atoms with Crippen LogP contribution >= 0.6 is 11.3 Å². The Hall–Kier alpha value is -2.08. The van der Waals surface area contributed by atoms with Gasteiger partial charge in [0.25, 0.3) is 0 Å². The van der Waals surface area contributed by atoms with Crippen molar-refractivity contribution in [2.24, 2.45) is 11.7 Å². The Morgan fingerprint density at radius 1 is 1.26 bits per heavy atom. The van der Waals surface area contributed by atoms with Gasteiger partial charge in [0, 0.05) is 29.1 Å². The summed E-state index contributed by atoms with van der Waals surface area (Å²) in [6.07, 6.45) is 2.12. The SMILES string of the molecule is NC(=O)CC1CCN(C(=O)NCc2cc3ccccc3s2)CC1. The number of nitrogens with zero attached hydrogens (tertiary/aromatic N) is 1. The molecular weight excluding hydrogens is 310 g/mol. The van der Waals surface area contributed by atoms with E-state index in [1.165, 1.54) is 10.1 Å². The highest BCUT2D eigenvalue weighted by molar-refractivity contribution is 7.19. The Morgan fingerprint density at radius 2 is 2.00 bits per heavy atom. The second-order valence-electron chi connectivity index (χ2n) is 6.01. The van der Waals surface area contributed by atoms with Gasteiger partial charge in [-0.2, -0.15) is 0 Å². The molecule has 3 amide bonds. The largest absolute Gasteiger partial charge is 0.370 e. The molecule has 1 fully saturated rings. The molecule has 0 radical (unpaired) electrons. The predicted octanol–water partition coefficient (Wildman–Crippen LogP) is 2.70. The number of amides is 3. The van der Waals surface area contributed by atoms with Gasteiger partial charge in [-0.05, 0) is 36.3 Å². The molecular formula is C17H21N3O2S. The van der Waals surface area contributed by atoms with Gasteiger partial charge in [0.15, 0.2) is 0 Å². The normalized spacial score (nSPS) is 15.7. The first-order valence-electron chi connectivity index (χ1n) is 7.90. The second kappa shape index (κ2) is 7.00. The zero-order valence-corrected chi connectivity index (χ0v) is 13.8. The molecule has 3 rings (SSSR count). The van der Waals surface area contributed by atoms with Crippen molar-refractivity contribution in [3.05, 3.63) is 35.2 Å². The third-order valence-electron chi connectivity index (χ3n) is 4.28. The molecule has 1 aromatic carbocycles. The summed E-state index contributed by atoms with van der Waals surface area (Å²) in [4.78, 5) is 26.2. The number of fused-ring (bicyclic) bond motifs is 1. The van der Waals surface area contributed by atoms with Crippen LogP contribution in [0.5, 0.6) is 0 Å². The number of carbonyl (C=O) groups excluding carboxylic acids is 2. The summed E-state index contributed by atoms with van der Waals surface area (Å²) in [6.45, 7) is 1.94. The summed E-state index contributed by atoms with van der Waals surface area (Å²) >= 11 is 1.71. The summed E-state index contributed by atoms with van der Waals surface area (Å²) < 4.78 is 1.24. The van der Waals surface area contributed by atoms with Gasteiger partial charge in [-0.1, -0.05) is 18.2 Å². The molecule has 1 aromatic heterocycles. The molecule has 6 heteroatoms. The minimum absolute atomic E-state index is 0.0278. The number of carbonyl (C=O) groups is 2. The van der Waals surface area contributed by atoms with Gasteiger partial charge in [0.2, 0.25) is 5.91 Å². The number of nitrogens with two attached hydrogens (primary N) is 1. The van der Waals surface area contributed by atoms with Crippen molar-refractivity contribution in [2.45, 2.75) is 25.8 Å². The fraction of sp³-hybridized carbons (Fsp3) is 0.412. The lowest BCUT2D eigenvalue weighted by Gasteiger charge is -2.31. The van der Waals surface area contributed by atoms with Crippen molar-refractivity contribution < 1.29 is 9.59 Å². The number of primary amides is 1. The lowest BCUT2D eigenvalue weighted by atomic mass is 9.93. The minimum Gasteiger partial charge on any atom is -0.370 e. The van der Waals surface area contributed by atoms with Crippen LogP contribution in [0.4, 0.5) is 4.79 Å². The van der Waals surface area contributed by atoms with Crippen LogP contribution in [0.3, 0.4) is 0 Å². The monoisotopic (exact) mass is 331 g/mol. The van der Waals surface area contributed by atoms with Gasteiger partial charge in [0.05, 0.1) is 6.54 Å². The number of benzene rings is 1. The molecule has 0 saturated carbocycles. The van der Waals surface area contributed by atoms with Gasteiger partial charge < -0.3 is 16.0 Å². The minimum atomic E-state index is -0.252. The average molecular weight is 331 g/mol. The van der Waals surface area contributed by atoms with Crippen molar-refractivity contribution >= 4 is 33.4 Å². The number of urea groups is 1. The number of thiophene rings is 1. The zero-order chi connectivity index (χ0) is 16.2. The number of nitrogens with one attached hydrogen (secondary N) is 1. The zero-order valence-electron chi connectivity index (χ0n) is 13.0. The van der Waals surface area contributed by atoms with Crippen molar-refractivity contribution in [3.8, 4) is 0 Å². The van der Waals surface area contributed by atoms with E-state index in [2.05, 4.69) is 23.5 Å². The molecule has 0 aliphatic carbocycles. The van der Waals surface area contributed by atoms with Crippen LogP contribution in [0.25, 0.3) is 10.1 Å². The fourth-order valence-electron chi connectivity index (χ4n) is 3.02. The first-order valence-corrected chi connectivity index (χ1v) is 8.72. The van der Waals surface area contributed by atoms with E-state index in [0.717, 1.165) is 17.7 Å². The lowest BCUT2D eigenvalue weighted by Crippen LogP contribution is -2.44. The van der Waals surface area contributed by atoms with E-state index >= 15 is 0 Å². The molecule has 3 N–H and O–H groups in total. The van der Waals surface area contributed by atoms with E-state index in [1.807, 2.05) is 17.0 Å². The number of likely N-dealkylation sites (tertiary alicyclic amines) is 1. The van der Waals surface area contributed by atoms with Crippen molar-refractivity contribution in [1.29, 1.82) is 0 Å². The van der Waals surface area contributed by atoms with E-state index < -0.39 is 0 Å². The van der Waals surface area contributed by atoms with Gasteiger partial charge in [0.1, 0.15) is 0 Å². The summed E-state index contributed by atoms with van der Waals surface area (Å²) in [7, 11) is 0. The van der Waals surface area contributed by atoms with Crippen molar-refractivity contribution in [3.63, 3.8) is 0 Å². The Labute approximate surface area is 139 Å². The van der Waals surface area contributed by atoms with Crippen LogP contribution in [0.15, 0.2) is 30.3 Å². The molecule has 122 valence electrons. The predicted molar refractivity (Wildman–Crippen MR) is 92.2 cm³/mol. The Bertz CT molecular complexity index is 672. The van der Waals surface area contributed by atoms with E-state index in [0.29, 0.717) is 32.0 Å². The van der Waals surface area contributed by atoms with Gasteiger partial charge in [-0.15, -0.1) is 11.3 Å². The maximum Gasteiger partial charge on any atom is 0.317 e. The molecule has 1 saturated heterocycles. The van der Waals surface area contributed by atoms with E-state index in [-0.39, 0.29) is 11.9 Å². The molecule has 0 bridgehead atoms. The number of hydrogen-bond acceptors (Lipinski definition) is 3. The average Bonchev–Trinajstić information content (AvgIpc) is 2.95. The van der Waals surface area contributed by atoms with Crippen LogP contribution in [0, 0.1) is 5.92 Å². The topological polar surface area (TPSA) is 75.4 Å². The summed E-state index contributed by atoms with van der Waals surface area (Å²) in [5.41, 5.74) is 5.23. The van der Waals surface area contributed by atoms with Crippen molar-refractivity contribution in [1.82, 2.24) is 10.2 Å². The third-order valence-corrected chi connectivity index (χ3v) is 5.40. The van der Waals surface area contributed by atoms with Crippen LogP contribution in [-0.4, -0.2) is 29.9 Å². The summed E-state index contributed by atoms with van der Waals surface area (Å²) in [5.74, 6) is 0.0665. The standard InChI is InChI=1S/C17H21N3O2S/c18-16(21)9-12-5-7-20(8-6-12)17(22)19-11-14-10-13-3-1-2-4-15(13)23-14/h1-4,10,12H,5-9,11H2,(H2,18,21)(H,19,22). The maximum atomic E-state index is 12.2. The molecule has 23 heavy (non-hydrogen) atoms. The molecule has 2 aromatic rings. The molecule has 5 nitrogen and oxygen atoms in total. The highest BCUT2D eigenvalue weighted by Gasteiger charge is 2.23. The maximum absolute atomic E-state index is 12.2. The Balaban J connectivity index is 1.49. The lowest BCUT2D eigenvalue weighted by molar-refractivity contribution is -0.119. The van der Waals surface area contributed by atoms with Gasteiger partial charge >= 0.3 is 6.03 Å². The second-order valence-corrected chi connectivity index (χ2v) is 7.18. The molecule has 0 spiro atoms. The third kappa shape index (κ3) is 4.01. The van der Waals surface area contributed by atoms with Crippen molar-refractivity contribution in [2.75, 3.05) is 13.1 Å². The molecule has 0 unspecified atom stereocenters. The summed E-state index contributed by atoms with van der Waals surface area (Å²) in [5, 5.41) is 4.21. The number of rotatable bonds is 4. The van der Waals surface area contributed by atoms with Crippen LogP contribution in [-0.2, 0) is 11.3 Å². The van der Waals surface area contributed by atoms with Gasteiger partial charge in [-0.25, -0.2) is 4.79 Å². The first kappa shape index (κ1) is 15.8. The summed E-state index contributed by atoms with van der Waals surface area (Å²) in [6, 6.07) is 10.3. The highest BCUT2D eigenvalue weighted by atomic mass is 32.1. The Morgan fingerprint density at radius 3 is 2.70 bits per heavy atom. The smallest absolute Gasteiger partial charge is 0.317 e.